The van der Waals surface area contributed by atoms with Crippen molar-refractivity contribution in [1.29, 1.82) is 0 Å². The molecule has 1 fully saturated rings. The molecule has 0 bridgehead atoms. The number of hydrogen-bond donors (Lipinski definition) is 1. The topological polar surface area (TPSA) is 85.3 Å². The highest BCUT2D eigenvalue weighted by Crippen LogP contribution is 2.13. The van der Waals surface area contributed by atoms with E-state index in [0.29, 0.717) is 26.4 Å². The first-order valence-corrected chi connectivity index (χ1v) is 6.82. The Balaban J connectivity index is 2.46. The van der Waals surface area contributed by atoms with Gasteiger partial charge in [0.25, 0.3) is 5.91 Å². The molecule has 20 heavy (non-hydrogen) atoms. The molecule has 0 spiro atoms. The summed E-state index contributed by atoms with van der Waals surface area (Å²) in [6.07, 6.45) is -1.89. The molecule has 1 aliphatic rings. The van der Waals surface area contributed by atoms with E-state index in [4.69, 9.17) is 19.3 Å². The summed E-state index contributed by atoms with van der Waals surface area (Å²) in [7, 11) is 0. The Morgan fingerprint density at radius 1 is 1.40 bits per heavy atom. The van der Waals surface area contributed by atoms with E-state index in [2.05, 4.69) is 0 Å². The Kier molecular flexibility index (Phi) is 6.90. The number of carboxylic acids is 1. The average Bonchev–Trinajstić information content (AvgIpc) is 2.41. The van der Waals surface area contributed by atoms with Gasteiger partial charge < -0.3 is 24.2 Å². The quantitative estimate of drug-likeness (QED) is 0.670. The number of carbonyl (C=O) groups excluding carboxylic acids is 1. The molecule has 1 heterocycles. The van der Waals surface area contributed by atoms with Crippen molar-refractivity contribution in [3.63, 3.8) is 0 Å². The maximum atomic E-state index is 12.2. The highest BCUT2D eigenvalue weighted by molar-refractivity contribution is 5.82. The van der Waals surface area contributed by atoms with Gasteiger partial charge in [-0.3, -0.25) is 4.79 Å². The molecule has 0 aromatic carbocycles. The fourth-order valence-corrected chi connectivity index (χ4v) is 2.02. The summed E-state index contributed by atoms with van der Waals surface area (Å²) in [4.78, 5) is 24.6. The Hall–Kier alpha value is -1.18. The fourth-order valence-electron chi connectivity index (χ4n) is 2.02. The zero-order valence-electron chi connectivity index (χ0n) is 12.2. The standard InChI is InChI=1S/C13H23NO6/c1-4-18-5-6-19-10(3)12(15)14-7-9(2)20-11(8-14)13(16)17/h9-11H,4-8H2,1-3H3,(H,16,17)/t9-,10?,11?/m1/s1. The van der Waals surface area contributed by atoms with E-state index in [9.17, 15) is 9.59 Å². The van der Waals surface area contributed by atoms with Crippen LogP contribution in [0.25, 0.3) is 0 Å². The van der Waals surface area contributed by atoms with Crippen molar-refractivity contribution >= 4 is 11.9 Å². The molecule has 1 rings (SSSR count). The van der Waals surface area contributed by atoms with Crippen LogP contribution in [0.5, 0.6) is 0 Å². The van der Waals surface area contributed by atoms with E-state index >= 15 is 0 Å². The Morgan fingerprint density at radius 2 is 2.10 bits per heavy atom. The highest BCUT2D eigenvalue weighted by Gasteiger charge is 2.34. The molecule has 116 valence electrons. The predicted molar refractivity (Wildman–Crippen MR) is 70.5 cm³/mol. The van der Waals surface area contributed by atoms with Gasteiger partial charge in [0.15, 0.2) is 6.10 Å². The van der Waals surface area contributed by atoms with Gasteiger partial charge in [-0.05, 0) is 20.8 Å². The molecule has 0 saturated carbocycles. The number of hydrogen-bond acceptors (Lipinski definition) is 5. The van der Waals surface area contributed by atoms with E-state index in [1.165, 1.54) is 4.90 Å². The normalized spacial score (nSPS) is 24.4. The van der Waals surface area contributed by atoms with Gasteiger partial charge in [0.1, 0.15) is 6.10 Å². The van der Waals surface area contributed by atoms with Gasteiger partial charge in [-0.15, -0.1) is 0 Å². The molecule has 1 saturated heterocycles. The minimum atomic E-state index is -1.06. The number of morpholine rings is 1. The molecule has 0 aliphatic carbocycles. The molecule has 3 atom stereocenters. The second-order valence-electron chi connectivity index (χ2n) is 4.73. The maximum absolute atomic E-state index is 12.2. The number of nitrogens with zero attached hydrogens (tertiary/aromatic N) is 1. The number of carboxylic acid groups (broad SMARTS) is 1. The SMILES string of the molecule is CCOCCOC(C)C(=O)N1CC(C(=O)O)O[C@H](C)C1. The van der Waals surface area contributed by atoms with E-state index in [1.54, 1.807) is 13.8 Å². The van der Waals surface area contributed by atoms with Crippen LogP contribution in [0.3, 0.4) is 0 Å². The highest BCUT2D eigenvalue weighted by atomic mass is 16.5. The lowest BCUT2D eigenvalue weighted by Crippen LogP contribution is -2.54. The average molecular weight is 289 g/mol. The molecule has 1 aliphatic heterocycles. The zero-order valence-corrected chi connectivity index (χ0v) is 12.2. The molecular weight excluding hydrogens is 266 g/mol. The van der Waals surface area contributed by atoms with Crippen molar-refractivity contribution < 1.29 is 28.9 Å². The van der Waals surface area contributed by atoms with Crippen LogP contribution < -0.4 is 0 Å². The summed E-state index contributed by atoms with van der Waals surface area (Å²) in [6, 6.07) is 0. The van der Waals surface area contributed by atoms with Crippen LogP contribution in [0.15, 0.2) is 0 Å². The zero-order chi connectivity index (χ0) is 15.1. The molecule has 7 nitrogen and oxygen atoms in total. The Bertz CT molecular complexity index is 335. The second-order valence-corrected chi connectivity index (χ2v) is 4.73. The number of carbonyl (C=O) groups is 2. The van der Waals surface area contributed by atoms with Crippen LogP contribution in [0, 0.1) is 0 Å². The van der Waals surface area contributed by atoms with Gasteiger partial charge >= 0.3 is 5.97 Å². The summed E-state index contributed by atoms with van der Waals surface area (Å²) < 4.78 is 15.8. The first kappa shape index (κ1) is 16.9. The molecule has 0 aromatic rings. The first-order valence-electron chi connectivity index (χ1n) is 6.82. The second kappa shape index (κ2) is 8.18. The van der Waals surface area contributed by atoms with Gasteiger partial charge in [0, 0.05) is 13.2 Å². The van der Waals surface area contributed by atoms with Crippen LogP contribution in [-0.2, 0) is 23.8 Å². The van der Waals surface area contributed by atoms with Crippen molar-refractivity contribution in [3.8, 4) is 0 Å². The summed E-state index contributed by atoms with van der Waals surface area (Å²) in [5.41, 5.74) is 0. The van der Waals surface area contributed by atoms with Crippen molar-refractivity contribution in [3.05, 3.63) is 0 Å². The third-order valence-electron chi connectivity index (χ3n) is 2.99. The van der Waals surface area contributed by atoms with Gasteiger partial charge in [-0.1, -0.05) is 0 Å². The Labute approximate surface area is 118 Å². The summed E-state index contributed by atoms with van der Waals surface area (Å²) in [5.74, 6) is -1.28. The van der Waals surface area contributed by atoms with Crippen molar-refractivity contribution in [1.82, 2.24) is 4.90 Å². The van der Waals surface area contributed by atoms with E-state index < -0.39 is 18.2 Å². The molecule has 2 unspecified atom stereocenters. The van der Waals surface area contributed by atoms with E-state index in [-0.39, 0.29) is 18.6 Å². The smallest absolute Gasteiger partial charge is 0.334 e. The fraction of sp³-hybridized carbons (Fsp3) is 0.846. The lowest BCUT2D eigenvalue weighted by atomic mass is 10.2. The van der Waals surface area contributed by atoms with Crippen molar-refractivity contribution in [2.75, 3.05) is 32.9 Å². The van der Waals surface area contributed by atoms with Crippen molar-refractivity contribution in [2.45, 2.75) is 39.1 Å². The number of aliphatic carboxylic acids is 1. The van der Waals surface area contributed by atoms with Gasteiger partial charge in [-0.2, -0.15) is 0 Å². The third kappa shape index (κ3) is 5.07. The van der Waals surface area contributed by atoms with Crippen LogP contribution in [0.4, 0.5) is 0 Å². The number of rotatable bonds is 7. The minimum absolute atomic E-state index is 0.0532. The molecular formula is C13H23NO6. The lowest BCUT2D eigenvalue weighted by molar-refractivity contribution is -0.170. The molecule has 7 heteroatoms. The van der Waals surface area contributed by atoms with Crippen LogP contribution >= 0.6 is 0 Å². The monoisotopic (exact) mass is 289 g/mol. The predicted octanol–water partition coefficient (Wildman–Crippen LogP) is 0.129. The van der Waals surface area contributed by atoms with Gasteiger partial charge in [0.05, 0.1) is 25.9 Å². The molecule has 0 radical (unpaired) electrons. The summed E-state index contributed by atoms with van der Waals surface area (Å²) >= 11 is 0. The van der Waals surface area contributed by atoms with Crippen molar-refractivity contribution in [2.24, 2.45) is 0 Å². The molecule has 0 aromatic heterocycles. The maximum Gasteiger partial charge on any atom is 0.334 e. The minimum Gasteiger partial charge on any atom is -0.479 e. The van der Waals surface area contributed by atoms with Gasteiger partial charge in [0.2, 0.25) is 0 Å². The first-order chi connectivity index (χ1) is 9.45. The summed E-state index contributed by atoms with van der Waals surface area (Å²) in [6.45, 7) is 7.09. The molecule has 1 amide bonds. The van der Waals surface area contributed by atoms with Crippen LogP contribution in [0.2, 0.25) is 0 Å². The van der Waals surface area contributed by atoms with E-state index in [1.807, 2.05) is 6.92 Å². The van der Waals surface area contributed by atoms with Crippen LogP contribution in [-0.4, -0.2) is 73.1 Å². The number of ether oxygens (including phenoxy) is 3. The Morgan fingerprint density at radius 3 is 2.70 bits per heavy atom. The third-order valence-corrected chi connectivity index (χ3v) is 2.99. The summed E-state index contributed by atoms with van der Waals surface area (Å²) in [5, 5.41) is 8.98. The molecule has 1 N–H and O–H groups in total. The van der Waals surface area contributed by atoms with Gasteiger partial charge in [-0.25, -0.2) is 4.79 Å². The van der Waals surface area contributed by atoms with E-state index in [0.717, 1.165) is 0 Å². The largest absolute Gasteiger partial charge is 0.479 e. The number of amides is 1. The van der Waals surface area contributed by atoms with Crippen LogP contribution in [0.1, 0.15) is 20.8 Å². The lowest BCUT2D eigenvalue weighted by Gasteiger charge is -2.36.